The summed E-state index contributed by atoms with van der Waals surface area (Å²) >= 11 is 5.93. The first kappa shape index (κ1) is 24.4. The number of hydrogen-bond donors (Lipinski definition) is 1. The Morgan fingerprint density at radius 1 is 1.17 bits per heavy atom. The SMILES string of the molecule is COC(=O)C[C@]1(C)[C@@H](C(C)(C)C(=O)OC)CC[C@]2(C)O[C@@](C)(C(O)CCl)CC[C@@H]12. The summed E-state index contributed by atoms with van der Waals surface area (Å²) in [7, 11) is 2.79. The molecule has 1 saturated heterocycles. The second-order valence-electron chi connectivity index (χ2n) is 10.1. The van der Waals surface area contributed by atoms with Crippen molar-refractivity contribution >= 4 is 23.5 Å². The van der Waals surface area contributed by atoms with Crippen LogP contribution in [0.2, 0.25) is 0 Å². The average Bonchev–Trinajstić information content (AvgIpc) is 2.65. The first-order chi connectivity index (χ1) is 13.3. The van der Waals surface area contributed by atoms with Crippen molar-refractivity contribution in [3.63, 3.8) is 0 Å². The van der Waals surface area contributed by atoms with Crippen molar-refractivity contribution in [2.24, 2.45) is 22.7 Å². The number of methoxy groups -OCH3 is 2. The van der Waals surface area contributed by atoms with Crippen molar-refractivity contribution in [3.8, 4) is 0 Å². The van der Waals surface area contributed by atoms with E-state index in [1.807, 2.05) is 20.8 Å². The van der Waals surface area contributed by atoms with Crippen LogP contribution in [-0.4, -0.2) is 54.5 Å². The number of aliphatic hydroxyl groups is 1. The Morgan fingerprint density at radius 3 is 2.31 bits per heavy atom. The zero-order valence-electron chi connectivity index (χ0n) is 18.8. The number of halogens is 1. The van der Waals surface area contributed by atoms with Crippen LogP contribution in [0.15, 0.2) is 0 Å². The fourth-order valence-corrected chi connectivity index (χ4v) is 6.59. The maximum absolute atomic E-state index is 12.6. The van der Waals surface area contributed by atoms with Crippen LogP contribution in [0.1, 0.15) is 66.7 Å². The molecule has 0 aromatic carbocycles. The molecule has 0 spiro atoms. The summed E-state index contributed by atoms with van der Waals surface area (Å²) in [5, 5.41) is 10.5. The van der Waals surface area contributed by atoms with E-state index >= 15 is 0 Å². The summed E-state index contributed by atoms with van der Waals surface area (Å²) in [4.78, 5) is 25.1. The van der Waals surface area contributed by atoms with Gasteiger partial charge in [0, 0.05) is 0 Å². The third kappa shape index (κ3) is 4.17. The molecule has 6 atom stereocenters. The minimum atomic E-state index is -0.766. The lowest BCUT2D eigenvalue weighted by molar-refractivity contribution is -0.278. The number of carbonyl (C=O) groups is 2. The van der Waals surface area contributed by atoms with Gasteiger partial charge < -0.3 is 19.3 Å². The molecular formula is C22H37ClO6. The molecule has 2 fully saturated rings. The van der Waals surface area contributed by atoms with Crippen molar-refractivity contribution in [1.82, 2.24) is 0 Å². The molecule has 1 aliphatic heterocycles. The highest BCUT2D eigenvalue weighted by Crippen LogP contribution is 2.62. The lowest BCUT2D eigenvalue weighted by Gasteiger charge is -2.63. The molecule has 1 heterocycles. The van der Waals surface area contributed by atoms with Gasteiger partial charge in [-0.1, -0.05) is 6.92 Å². The molecule has 0 radical (unpaired) electrons. The van der Waals surface area contributed by atoms with Crippen molar-refractivity contribution in [2.75, 3.05) is 20.1 Å². The maximum atomic E-state index is 12.6. The van der Waals surface area contributed by atoms with E-state index < -0.39 is 28.1 Å². The van der Waals surface area contributed by atoms with Gasteiger partial charge in [0.15, 0.2) is 0 Å². The number of esters is 2. The minimum Gasteiger partial charge on any atom is -0.469 e. The van der Waals surface area contributed by atoms with Crippen LogP contribution in [0.4, 0.5) is 0 Å². The van der Waals surface area contributed by atoms with Gasteiger partial charge >= 0.3 is 11.9 Å². The van der Waals surface area contributed by atoms with E-state index in [1.165, 1.54) is 14.2 Å². The van der Waals surface area contributed by atoms with Crippen LogP contribution in [-0.2, 0) is 23.8 Å². The van der Waals surface area contributed by atoms with Gasteiger partial charge in [-0.3, -0.25) is 9.59 Å². The Kier molecular flexibility index (Phi) is 7.03. The predicted molar refractivity (Wildman–Crippen MR) is 111 cm³/mol. The summed E-state index contributed by atoms with van der Waals surface area (Å²) in [5.74, 6) is -0.523. The quantitative estimate of drug-likeness (QED) is 0.509. The summed E-state index contributed by atoms with van der Waals surface area (Å²) in [6.45, 7) is 9.83. The van der Waals surface area contributed by atoms with Crippen molar-refractivity contribution in [3.05, 3.63) is 0 Å². The Bertz CT molecular complexity index is 637. The smallest absolute Gasteiger partial charge is 0.311 e. The minimum absolute atomic E-state index is 0.0207. The lowest BCUT2D eigenvalue weighted by Crippen LogP contribution is -2.65. The van der Waals surface area contributed by atoms with E-state index in [9.17, 15) is 14.7 Å². The number of hydrogen-bond acceptors (Lipinski definition) is 6. The maximum Gasteiger partial charge on any atom is 0.311 e. The Balaban J connectivity index is 2.48. The first-order valence-electron chi connectivity index (χ1n) is 10.4. The first-order valence-corrected chi connectivity index (χ1v) is 10.9. The van der Waals surface area contributed by atoms with Gasteiger partial charge in [0.05, 0.1) is 49.2 Å². The van der Waals surface area contributed by atoms with E-state index in [0.717, 1.165) is 12.8 Å². The van der Waals surface area contributed by atoms with Gasteiger partial charge in [-0.15, -0.1) is 11.6 Å². The Hall–Kier alpha value is -0.850. The number of carbonyl (C=O) groups excluding carboxylic acids is 2. The topological polar surface area (TPSA) is 82.1 Å². The van der Waals surface area contributed by atoms with E-state index in [2.05, 4.69) is 13.8 Å². The molecule has 1 aliphatic carbocycles. The van der Waals surface area contributed by atoms with Gasteiger partial charge in [-0.2, -0.15) is 0 Å². The van der Waals surface area contributed by atoms with Gasteiger partial charge in [0.2, 0.25) is 0 Å². The molecule has 0 amide bonds. The fraction of sp³-hybridized carbons (Fsp3) is 0.909. The fourth-order valence-electron chi connectivity index (χ4n) is 6.26. The number of ether oxygens (including phenoxy) is 3. The van der Waals surface area contributed by atoms with Crippen LogP contribution in [0.3, 0.4) is 0 Å². The molecule has 168 valence electrons. The molecule has 1 unspecified atom stereocenters. The Morgan fingerprint density at radius 2 is 1.79 bits per heavy atom. The van der Waals surface area contributed by atoms with Crippen LogP contribution in [0.5, 0.6) is 0 Å². The van der Waals surface area contributed by atoms with E-state index in [4.69, 9.17) is 25.8 Å². The number of fused-ring (bicyclic) bond motifs is 1. The summed E-state index contributed by atoms with van der Waals surface area (Å²) < 4.78 is 16.7. The molecular weight excluding hydrogens is 396 g/mol. The highest BCUT2D eigenvalue weighted by molar-refractivity contribution is 6.18. The average molecular weight is 433 g/mol. The van der Waals surface area contributed by atoms with Gasteiger partial charge in [-0.05, 0) is 70.6 Å². The lowest BCUT2D eigenvalue weighted by atomic mass is 9.47. The van der Waals surface area contributed by atoms with Crippen LogP contribution >= 0.6 is 11.6 Å². The monoisotopic (exact) mass is 432 g/mol. The third-order valence-electron chi connectivity index (χ3n) is 7.84. The summed E-state index contributed by atoms with van der Waals surface area (Å²) in [6.07, 6.45) is 2.26. The highest BCUT2D eigenvalue weighted by atomic mass is 35.5. The molecule has 6 nitrogen and oxygen atoms in total. The largest absolute Gasteiger partial charge is 0.469 e. The second-order valence-corrected chi connectivity index (χ2v) is 10.4. The van der Waals surface area contributed by atoms with Crippen LogP contribution in [0, 0.1) is 22.7 Å². The van der Waals surface area contributed by atoms with Crippen molar-refractivity contribution in [2.45, 2.75) is 84.0 Å². The Labute approximate surface area is 179 Å². The van der Waals surface area contributed by atoms with Crippen LogP contribution in [0.25, 0.3) is 0 Å². The van der Waals surface area contributed by atoms with E-state index in [1.54, 1.807) is 0 Å². The molecule has 0 bridgehead atoms. The highest BCUT2D eigenvalue weighted by Gasteiger charge is 2.63. The van der Waals surface area contributed by atoms with Gasteiger partial charge in [0.1, 0.15) is 0 Å². The van der Waals surface area contributed by atoms with E-state index in [-0.39, 0.29) is 36.1 Å². The third-order valence-corrected chi connectivity index (χ3v) is 8.13. The second kappa shape index (κ2) is 8.35. The van der Waals surface area contributed by atoms with Gasteiger partial charge in [0.25, 0.3) is 0 Å². The standard InChI is InChI=1S/C22H37ClO6/c1-19(2,18(26)28-7)14-8-10-21(4)15(20(14,3)12-17(25)27-6)9-11-22(5,29-21)16(24)13-23/h14-16,24H,8-13H2,1-7H3/t14-,15+,16?,20-,21+,22-/m1/s1. The molecule has 0 aromatic heterocycles. The molecule has 1 N–H and O–H groups in total. The van der Waals surface area contributed by atoms with E-state index in [0.29, 0.717) is 12.8 Å². The number of aliphatic hydroxyl groups excluding tert-OH is 1. The van der Waals surface area contributed by atoms with Crippen molar-refractivity contribution < 1.29 is 28.9 Å². The zero-order chi connectivity index (χ0) is 22.3. The number of alkyl halides is 1. The molecule has 29 heavy (non-hydrogen) atoms. The molecule has 0 aromatic rings. The predicted octanol–water partition coefficient (Wildman–Crippen LogP) is 3.71. The molecule has 2 rings (SSSR count). The zero-order valence-corrected chi connectivity index (χ0v) is 19.6. The normalized spacial score (nSPS) is 38.7. The summed E-state index contributed by atoms with van der Waals surface area (Å²) in [5.41, 5.74) is -2.55. The van der Waals surface area contributed by atoms with Gasteiger partial charge in [-0.25, -0.2) is 0 Å². The molecule has 1 saturated carbocycles. The number of rotatable bonds is 6. The van der Waals surface area contributed by atoms with Crippen molar-refractivity contribution in [1.29, 1.82) is 0 Å². The molecule has 7 heteroatoms. The van der Waals surface area contributed by atoms with Crippen LogP contribution < -0.4 is 0 Å². The molecule has 2 aliphatic rings. The summed E-state index contributed by atoms with van der Waals surface area (Å²) in [6, 6.07) is 0.